The van der Waals surface area contributed by atoms with E-state index in [1.807, 2.05) is 18.7 Å². The summed E-state index contributed by atoms with van der Waals surface area (Å²) in [6.45, 7) is 5.91. The summed E-state index contributed by atoms with van der Waals surface area (Å²) >= 11 is 3.43. The molecule has 0 aliphatic carbocycles. The summed E-state index contributed by atoms with van der Waals surface area (Å²) in [4.78, 5) is 13.8. The van der Waals surface area contributed by atoms with Crippen LogP contribution in [0.25, 0.3) is 0 Å². The number of nitrogens with zero attached hydrogens (tertiary/aromatic N) is 1. The molecule has 0 aromatic rings. The number of carbonyl (C=O) groups is 1. The van der Waals surface area contributed by atoms with Crippen LogP contribution in [0, 0.1) is 11.8 Å². The van der Waals surface area contributed by atoms with Gasteiger partial charge in [-0.2, -0.15) is 0 Å². The van der Waals surface area contributed by atoms with Crippen molar-refractivity contribution in [1.29, 1.82) is 0 Å². The van der Waals surface area contributed by atoms with Crippen LogP contribution in [0.4, 0.5) is 0 Å². The minimum Gasteiger partial charge on any atom is -0.396 e. The monoisotopic (exact) mass is 277 g/mol. The molecule has 1 N–H and O–H groups in total. The molecule has 0 bridgehead atoms. The number of hydrogen-bond donors (Lipinski definition) is 1. The Labute approximate surface area is 100.0 Å². The molecular formula is C11H20BrNO2. The maximum atomic E-state index is 12.0. The van der Waals surface area contributed by atoms with Gasteiger partial charge < -0.3 is 10.0 Å². The highest BCUT2D eigenvalue weighted by Gasteiger charge is 2.27. The van der Waals surface area contributed by atoms with Crippen molar-refractivity contribution in [3.63, 3.8) is 0 Å². The van der Waals surface area contributed by atoms with Gasteiger partial charge in [-0.1, -0.05) is 29.8 Å². The average molecular weight is 278 g/mol. The van der Waals surface area contributed by atoms with Crippen LogP contribution >= 0.6 is 15.9 Å². The molecule has 1 amide bonds. The van der Waals surface area contributed by atoms with Gasteiger partial charge in [0.15, 0.2) is 0 Å². The number of carbonyl (C=O) groups excluding carboxylic acids is 1. The number of aliphatic hydroxyl groups is 1. The topological polar surface area (TPSA) is 40.5 Å². The lowest BCUT2D eigenvalue weighted by atomic mass is 9.97. The molecule has 3 nitrogen and oxygen atoms in total. The first-order valence-corrected chi connectivity index (χ1v) is 6.51. The molecule has 0 spiro atoms. The summed E-state index contributed by atoms with van der Waals surface area (Å²) < 4.78 is 0. The summed E-state index contributed by atoms with van der Waals surface area (Å²) in [6.07, 6.45) is 1.86. The third kappa shape index (κ3) is 3.45. The van der Waals surface area contributed by atoms with E-state index < -0.39 is 0 Å². The Morgan fingerprint density at radius 1 is 1.47 bits per heavy atom. The smallest absolute Gasteiger partial charge is 0.236 e. The Hall–Kier alpha value is -0.0900. The van der Waals surface area contributed by atoms with Crippen LogP contribution in [-0.4, -0.2) is 40.4 Å². The van der Waals surface area contributed by atoms with Crippen LogP contribution < -0.4 is 0 Å². The van der Waals surface area contributed by atoms with Gasteiger partial charge in [0.2, 0.25) is 5.91 Å². The SMILES string of the molecule is CC(C)C(Br)C(=O)N1CCC(CO)CC1. The molecule has 1 heterocycles. The van der Waals surface area contributed by atoms with Crippen LogP contribution in [0.2, 0.25) is 0 Å². The highest BCUT2D eigenvalue weighted by atomic mass is 79.9. The van der Waals surface area contributed by atoms with Crippen LogP contribution in [0.3, 0.4) is 0 Å². The van der Waals surface area contributed by atoms with Gasteiger partial charge in [-0.25, -0.2) is 0 Å². The van der Waals surface area contributed by atoms with Crippen molar-refractivity contribution in [2.45, 2.75) is 31.5 Å². The largest absolute Gasteiger partial charge is 0.396 e. The molecule has 1 atom stereocenters. The lowest BCUT2D eigenvalue weighted by Crippen LogP contribution is -2.44. The Balaban J connectivity index is 2.42. The second-order valence-electron chi connectivity index (χ2n) is 4.60. The van der Waals surface area contributed by atoms with Crippen LogP contribution in [0.15, 0.2) is 0 Å². The van der Waals surface area contributed by atoms with Crippen molar-refractivity contribution in [3.05, 3.63) is 0 Å². The van der Waals surface area contributed by atoms with Crippen molar-refractivity contribution in [2.75, 3.05) is 19.7 Å². The van der Waals surface area contributed by atoms with E-state index in [1.165, 1.54) is 0 Å². The van der Waals surface area contributed by atoms with Gasteiger partial charge in [0.1, 0.15) is 0 Å². The van der Waals surface area contributed by atoms with Crippen molar-refractivity contribution in [3.8, 4) is 0 Å². The van der Waals surface area contributed by atoms with E-state index in [9.17, 15) is 4.79 Å². The Bertz CT molecular complexity index is 213. The molecule has 1 unspecified atom stereocenters. The maximum Gasteiger partial charge on any atom is 0.236 e. The lowest BCUT2D eigenvalue weighted by molar-refractivity contribution is -0.132. The number of likely N-dealkylation sites (tertiary alicyclic amines) is 1. The van der Waals surface area contributed by atoms with Gasteiger partial charge >= 0.3 is 0 Å². The summed E-state index contributed by atoms with van der Waals surface area (Å²) in [5.74, 6) is 0.913. The van der Waals surface area contributed by atoms with Gasteiger partial charge in [-0.3, -0.25) is 4.79 Å². The molecule has 0 aromatic heterocycles. The fourth-order valence-electron chi connectivity index (χ4n) is 1.80. The van der Waals surface area contributed by atoms with Crippen molar-refractivity contribution in [2.24, 2.45) is 11.8 Å². The lowest BCUT2D eigenvalue weighted by Gasteiger charge is -2.33. The fourth-order valence-corrected chi connectivity index (χ4v) is 2.09. The molecule has 15 heavy (non-hydrogen) atoms. The number of amides is 1. The van der Waals surface area contributed by atoms with E-state index in [1.54, 1.807) is 0 Å². The molecule has 0 radical (unpaired) electrons. The number of piperidine rings is 1. The normalized spacial score (nSPS) is 20.7. The summed E-state index contributed by atoms with van der Waals surface area (Å²) in [5, 5.41) is 9.00. The molecule has 0 saturated carbocycles. The molecule has 0 aromatic carbocycles. The second kappa shape index (κ2) is 5.85. The zero-order valence-electron chi connectivity index (χ0n) is 9.45. The van der Waals surface area contributed by atoms with Gasteiger partial charge in [0, 0.05) is 19.7 Å². The van der Waals surface area contributed by atoms with E-state index in [0.717, 1.165) is 25.9 Å². The molecule has 1 aliphatic heterocycles. The Morgan fingerprint density at radius 2 is 2.00 bits per heavy atom. The Kier molecular flexibility index (Phi) is 5.06. The summed E-state index contributed by atoms with van der Waals surface area (Å²) in [7, 11) is 0. The first-order chi connectivity index (χ1) is 7.06. The fraction of sp³-hybridized carbons (Fsp3) is 0.909. The Morgan fingerprint density at radius 3 is 2.40 bits per heavy atom. The summed E-state index contributed by atoms with van der Waals surface area (Å²) in [5.41, 5.74) is 0. The number of hydrogen-bond acceptors (Lipinski definition) is 2. The highest BCUT2D eigenvalue weighted by molar-refractivity contribution is 9.10. The van der Waals surface area contributed by atoms with E-state index in [4.69, 9.17) is 5.11 Å². The van der Waals surface area contributed by atoms with Crippen molar-refractivity contribution < 1.29 is 9.90 Å². The zero-order valence-corrected chi connectivity index (χ0v) is 11.0. The van der Waals surface area contributed by atoms with Crippen LogP contribution in [0.5, 0.6) is 0 Å². The minimum atomic E-state index is -0.0665. The second-order valence-corrected chi connectivity index (χ2v) is 5.58. The highest BCUT2D eigenvalue weighted by Crippen LogP contribution is 2.21. The first-order valence-electron chi connectivity index (χ1n) is 5.60. The molecule has 1 aliphatic rings. The van der Waals surface area contributed by atoms with Crippen molar-refractivity contribution in [1.82, 2.24) is 4.90 Å². The third-order valence-electron chi connectivity index (χ3n) is 3.01. The number of aliphatic hydroxyl groups excluding tert-OH is 1. The van der Waals surface area contributed by atoms with Crippen LogP contribution in [-0.2, 0) is 4.79 Å². The van der Waals surface area contributed by atoms with Gasteiger partial charge in [0.25, 0.3) is 0 Å². The van der Waals surface area contributed by atoms with Crippen LogP contribution in [0.1, 0.15) is 26.7 Å². The molecular weight excluding hydrogens is 258 g/mol. The number of halogens is 1. The molecule has 88 valence electrons. The summed E-state index contributed by atoms with van der Waals surface area (Å²) in [6, 6.07) is 0. The zero-order chi connectivity index (χ0) is 11.4. The number of alkyl halides is 1. The van der Waals surface area contributed by atoms with Gasteiger partial charge in [0.05, 0.1) is 4.83 Å². The third-order valence-corrected chi connectivity index (χ3v) is 4.45. The predicted molar refractivity (Wildman–Crippen MR) is 63.9 cm³/mol. The first kappa shape index (κ1) is 13.0. The maximum absolute atomic E-state index is 12.0. The van der Waals surface area contributed by atoms with Gasteiger partial charge in [-0.05, 0) is 24.7 Å². The van der Waals surface area contributed by atoms with E-state index in [0.29, 0.717) is 11.8 Å². The standard InChI is InChI=1S/C11H20BrNO2/c1-8(2)10(12)11(15)13-5-3-9(7-14)4-6-13/h8-10,14H,3-7H2,1-2H3. The quantitative estimate of drug-likeness (QED) is 0.797. The number of rotatable bonds is 3. The van der Waals surface area contributed by atoms with E-state index in [-0.39, 0.29) is 17.3 Å². The van der Waals surface area contributed by atoms with Gasteiger partial charge in [-0.15, -0.1) is 0 Å². The van der Waals surface area contributed by atoms with E-state index in [2.05, 4.69) is 15.9 Å². The molecule has 4 heteroatoms. The minimum absolute atomic E-state index is 0.0665. The molecule has 1 rings (SSSR count). The average Bonchev–Trinajstić information content (AvgIpc) is 2.27. The molecule has 1 fully saturated rings. The molecule has 1 saturated heterocycles. The predicted octanol–water partition coefficient (Wildman–Crippen LogP) is 1.64. The van der Waals surface area contributed by atoms with Crippen molar-refractivity contribution >= 4 is 21.8 Å². The van der Waals surface area contributed by atoms with E-state index >= 15 is 0 Å².